The number of halogens is 18. The summed E-state index contributed by atoms with van der Waals surface area (Å²) >= 11 is 8.77. The van der Waals surface area contributed by atoms with Crippen LogP contribution in [0.4, 0.5) is 75.9 Å². The third-order valence-electron chi connectivity index (χ3n) is 4.11. The first-order valence-corrected chi connectivity index (χ1v) is 8.68. The van der Waals surface area contributed by atoms with E-state index in [0.29, 0.717) is 12.1 Å². The van der Waals surface area contributed by atoms with Crippen molar-refractivity contribution >= 4 is 34.8 Å². The predicted molar refractivity (Wildman–Crippen MR) is 85.5 cm³/mol. The number of rotatable bonds is 9. The van der Waals surface area contributed by atoms with Crippen molar-refractivity contribution in [1.82, 2.24) is 0 Å². The lowest BCUT2D eigenvalue weighted by Crippen LogP contribution is -2.75. The Bertz CT molecular complexity index is 941. The summed E-state index contributed by atoms with van der Waals surface area (Å²) in [4.78, 5) is 11.4. The van der Waals surface area contributed by atoms with Gasteiger partial charge in [-0.15, -0.1) is 0 Å². The van der Waals surface area contributed by atoms with Gasteiger partial charge in [0.25, 0.3) is 0 Å². The van der Waals surface area contributed by atoms with Crippen LogP contribution in [-0.2, 0) is 4.79 Å². The molecule has 202 valence electrons. The van der Waals surface area contributed by atoms with Crippen molar-refractivity contribution in [2.75, 3.05) is 5.32 Å². The maximum Gasteiger partial charge on any atom is 0.393 e. The van der Waals surface area contributed by atoms with Gasteiger partial charge in [-0.2, -0.15) is 70.2 Å². The Morgan fingerprint density at radius 2 is 0.886 bits per heavy atom. The zero-order valence-corrected chi connectivity index (χ0v) is 17.0. The lowest BCUT2D eigenvalue weighted by atomic mass is 9.89. The van der Waals surface area contributed by atoms with E-state index in [9.17, 15) is 75.0 Å². The van der Waals surface area contributed by atoms with Gasteiger partial charge >= 0.3 is 52.7 Å². The molecule has 0 aliphatic carbocycles. The van der Waals surface area contributed by atoms with Gasteiger partial charge < -0.3 is 5.32 Å². The molecule has 0 saturated carbocycles. The lowest BCUT2D eigenvalue weighted by molar-refractivity contribution is -0.445. The molecular formula is C15H5Cl2F16NO. The summed E-state index contributed by atoms with van der Waals surface area (Å²) in [5, 5.41) is -6.26. The van der Waals surface area contributed by atoms with Crippen LogP contribution in [0.5, 0.6) is 0 Å². The maximum atomic E-state index is 13.8. The number of benzene rings is 1. The molecule has 1 rings (SSSR count). The van der Waals surface area contributed by atoms with Crippen LogP contribution >= 0.6 is 23.2 Å². The minimum absolute atomic E-state index is 0.172. The van der Waals surface area contributed by atoms with Crippen LogP contribution in [0.15, 0.2) is 24.3 Å². The Morgan fingerprint density at radius 3 is 1.23 bits per heavy atom. The zero-order chi connectivity index (χ0) is 28.3. The van der Waals surface area contributed by atoms with Crippen LogP contribution < -0.4 is 5.32 Å². The van der Waals surface area contributed by atoms with Gasteiger partial charge in [0.2, 0.25) is 0 Å². The van der Waals surface area contributed by atoms with Crippen LogP contribution in [0.3, 0.4) is 0 Å². The van der Waals surface area contributed by atoms with E-state index in [-0.39, 0.29) is 5.02 Å². The summed E-state index contributed by atoms with van der Waals surface area (Å²) < 4.78 is 214. The normalized spacial score (nSPS) is 15.3. The molecule has 0 spiro atoms. The molecule has 0 unspecified atom stereocenters. The first-order valence-electron chi connectivity index (χ1n) is 7.93. The fourth-order valence-corrected chi connectivity index (χ4v) is 2.29. The van der Waals surface area contributed by atoms with Gasteiger partial charge in [-0.1, -0.05) is 11.6 Å². The van der Waals surface area contributed by atoms with E-state index in [1.807, 2.05) is 0 Å². The first kappa shape index (κ1) is 31.2. The maximum absolute atomic E-state index is 13.8. The number of anilines is 1. The van der Waals surface area contributed by atoms with Crippen molar-refractivity contribution in [1.29, 1.82) is 0 Å². The summed E-state index contributed by atoms with van der Waals surface area (Å²) in [5.41, 5.74) is -0.939. The van der Waals surface area contributed by atoms with Crippen LogP contribution in [0.1, 0.15) is 0 Å². The highest BCUT2D eigenvalue weighted by molar-refractivity contribution is 6.30. The second-order valence-electron chi connectivity index (χ2n) is 6.48. The zero-order valence-electron chi connectivity index (χ0n) is 15.5. The molecule has 0 saturated heterocycles. The standard InChI is InChI=1S/C15H5Cl2F16NO/c16-5-1-3-6(4-2-5)34-7(35)8(18,19)9(20,21)10(22,23)11(24,25)12(26,27)13(28,29)14(30,31)15(17,32)33/h1-4H,(H,34,35). The second kappa shape index (κ2) is 8.62. The smallest absolute Gasteiger partial charge is 0.321 e. The van der Waals surface area contributed by atoms with E-state index in [1.165, 1.54) is 0 Å². The number of amides is 1. The summed E-state index contributed by atoms with van der Waals surface area (Å²) in [6.07, 6.45) is 0. The molecule has 0 fully saturated rings. The lowest BCUT2D eigenvalue weighted by Gasteiger charge is -2.42. The molecule has 1 aromatic rings. The van der Waals surface area contributed by atoms with Crippen LogP contribution in [0.25, 0.3) is 0 Å². The third-order valence-corrected chi connectivity index (χ3v) is 4.60. The summed E-state index contributed by atoms with van der Waals surface area (Å²) in [6, 6.07) is 2.69. The van der Waals surface area contributed by atoms with Crippen molar-refractivity contribution in [2.45, 2.75) is 46.8 Å². The van der Waals surface area contributed by atoms with E-state index < -0.39 is 58.4 Å². The molecule has 1 amide bonds. The van der Waals surface area contributed by atoms with Crippen molar-refractivity contribution in [3.63, 3.8) is 0 Å². The number of carbonyl (C=O) groups is 1. The van der Waals surface area contributed by atoms with Gasteiger partial charge in [0.15, 0.2) is 0 Å². The van der Waals surface area contributed by atoms with E-state index in [4.69, 9.17) is 11.6 Å². The number of alkyl halides is 17. The molecule has 1 N–H and O–H groups in total. The monoisotopic (exact) mass is 589 g/mol. The minimum atomic E-state index is -8.64. The molecule has 0 aliphatic rings. The summed E-state index contributed by atoms with van der Waals surface area (Å²) in [6.45, 7) is 0. The fourth-order valence-electron chi connectivity index (χ4n) is 2.05. The van der Waals surface area contributed by atoms with Gasteiger partial charge in [0.1, 0.15) is 0 Å². The highest BCUT2D eigenvalue weighted by Gasteiger charge is 2.95. The first-order chi connectivity index (χ1) is 15.1. The third kappa shape index (κ3) is 4.44. The number of hydrogen-bond donors (Lipinski definition) is 1. The topological polar surface area (TPSA) is 29.1 Å². The van der Waals surface area contributed by atoms with E-state index in [0.717, 1.165) is 17.4 Å². The quantitative estimate of drug-likeness (QED) is 0.234. The predicted octanol–water partition coefficient (Wildman–Crippen LogP) is 7.56. The minimum Gasteiger partial charge on any atom is -0.321 e. The number of nitrogens with one attached hydrogen (secondary N) is 1. The van der Waals surface area contributed by atoms with Crippen LogP contribution in [-0.4, -0.2) is 52.7 Å². The van der Waals surface area contributed by atoms with Crippen molar-refractivity contribution in [2.24, 2.45) is 0 Å². The molecule has 0 aromatic heterocycles. The van der Waals surface area contributed by atoms with Gasteiger partial charge in [-0.25, -0.2) is 0 Å². The van der Waals surface area contributed by atoms with E-state index >= 15 is 0 Å². The molecule has 0 aliphatic heterocycles. The van der Waals surface area contributed by atoms with Crippen LogP contribution in [0, 0.1) is 0 Å². The summed E-state index contributed by atoms with van der Waals surface area (Å²) in [7, 11) is 0. The Balaban J connectivity index is 3.56. The van der Waals surface area contributed by atoms with E-state index in [2.05, 4.69) is 11.6 Å². The molecule has 35 heavy (non-hydrogen) atoms. The van der Waals surface area contributed by atoms with E-state index in [1.54, 1.807) is 0 Å². The Labute approximate surface area is 192 Å². The average Bonchev–Trinajstić information content (AvgIpc) is 2.67. The number of hydrogen-bond acceptors (Lipinski definition) is 1. The van der Waals surface area contributed by atoms with Gasteiger partial charge in [-0.3, -0.25) is 4.79 Å². The van der Waals surface area contributed by atoms with Crippen molar-refractivity contribution in [3.8, 4) is 0 Å². The SMILES string of the molecule is O=C(Nc1ccc(Cl)cc1)C(F)(F)C(F)(F)C(F)(F)C(F)(F)C(F)(F)C(F)(F)C(F)(F)C(F)(F)Cl. The Morgan fingerprint density at radius 1 is 0.571 bits per heavy atom. The highest BCUT2D eigenvalue weighted by atomic mass is 35.5. The van der Waals surface area contributed by atoms with Gasteiger partial charge in [0, 0.05) is 10.7 Å². The number of carbonyl (C=O) groups excluding carboxylic acids is 1. The van der Waals surface area contributed by atoms with Gasteiger partial charge in [-0.05, 0) is 35.9 Å². The summed E-state index contributed by atoms with van der Waals surface area (Å²) in [5.74, 6) is -60.6. The largest absolute Gasteiger partial charge is 0.393 e. The molecule has 20 heteroatoms. The Hall–Kier alpha value is -1.85. The Kier molecular flexibility index (Phi) is 7.68. The molecule has 2 nitrogen and oxygen atoms in total. The van der Waals surface area contributed by atoms with Crippen molar-refractivity contribution < 1.29 is 75.0 Å². The van der Waals surface area contributed by atoms with Crippen molar-refractivity contribution in [3.05, 3.63) is 29.3 Å². The molecule has 1 aromatic carbocycles. The average molecular weight is 590 g/mol. The molecule has 0 atom stereocenters. The molecular weight excluding hydrogens is 585 g/mol. The van der Waals surface area contributed by atoms with Crippen LogP contribution in [0.2, 0.25) is 5.02 Å². The molecule has 0 bridgehead atoms. The fraction of sp³-hybridized carbons (Fsp3) is 0.533. The molecule has 0 radical (unpaired) electrons. The molecule has 0 heterocycles. The highest BCUT2D eigenvalue weighted by Crippen LogP contribution is 2.64. The second-order valence-corrected chi connectivity index (χ2v) is 7.39. The van der Waals surface area contributed by atoms with Gasteiger partial charge in [0.05, 0.1) is 0 Å².